The van der Waals surface area contributed by atoms with E-state index in [2.05, 4.69) is 10.4 Å². The molecule has 0 aliphatic carbocycles. The highest BCUT2D eigenvalue weighted by molar-refractivity contribution is 7.12. The zero-order chi connectivity index (χ0) is 19.8. The minimum absolute atomic E-state index is 0.188. The van der Waals surface area contributed by atoms with Gasteiger partial charge in [-0.25, -0.2) is 4.79 Å². The van der Waals surface area contributed by atoms with Crippen LogP contribution in [0.3, 0.4) is 0 Å². The van der Waals surface area contributed by atoms with Crippen molar-refractivity contribution in [3.05, 3.63) is 87.7 Å². The van der Waals surface area contributed by atoms with Gasteiger partial charge < -0.3 is 0 Å². The molecule has 8 heteroatoms. The van der Waals surface area contributed by atoms with Gasteiger partial charge in [-0.1, -0.05) is 36.4 Å². The summed E-state index contributed by atoms with van der Waals surface area (Å²) < 4.78 is 2.32. The molecule has 0 atom stereocenters. The van der Waals surface area contributed by atoms with Crippen molar-refractivity contribution >= 4 is 28.6 Å². The van der Waals surface area contributed by atoms with Gasteiger partial charge in [0.05, 0.1) is 11.4 Å². The van der Waals surface area contributed by atoms with Gasteiger partial charge in [0.25, 0.3) is 5.91 Å². The van der Waals surface area contributed by atoms with Crippen molar-refractivity contribution in [3.63, 3.8) is 0 Å². The van der Waals surface area contributed by atoms with Gasteiger partial charge in [-0.2, -0.15) is 9.36 Å². The number of aryl methyl sites for hydroxylation is 2. The second-order valence-corrected chi connectivity index (χ2v) is 7.69. The number of fused-ring (bicyclic) bond motifs is 2. The van der Waals surface area contributed by atoms with Crippen LogP contribution in [-0.4, -0.2) is 25.7 Å². The number of anilines is 2. The molecule has 4 aromatic rings. The predicted octanol–water partition coefficient (Wildman–Crippen LogP) is 2.95. The number of aromatic nitrogens is 4. The van der Waals surface area contributed by atoms with Crippen molar-refractivity contribution < 1.29 is 4.79 Å². The fourth-order valence-electron chi connectivity index (χ4n) is 3.65. The summed E-state index contributed by atoms with van der Waals surface area (Å²) in [4.78, 5) is 27.8. The molecule has 0 spiro atoms. The fourth-order valence-corrected chi connectivity index (χ4v) is 4.32. The van der Waals surface area contributed by atoms with Crippen molar-refractivity contribution in [2.24, 2.45) is 0 Å². The third kappa shape index (κ3) is 3.07. The highest BCUT2D eigenvalue weighted by Gasteiger charge is 2.26. The Labute approximate surface area is 170 Å². The van der Waals surface area contributed by atoms with Crippen LogP contribution in [-0.2, 0) is 24.2 Å². The van der Waals surface area contributed by atoms with E-state index in [0.717, 1.165) is 40.0 Å². The second kappa shape index (κ2) is 7.14. The number of hydrogen-bond donors (Lipinski definition) is 0. The lowest BCUT2D eigenvalue weighted by atomic mass is 10.0. The van der Waals surface area contributed by atoms with E-state index in [0.29, 0.717) is 5.00 Å². The number of benzene rings is 2. The molecule has 29 heavy (non-hydrogen) atoms. The van der Waals surface area contributed by atoms with Crippen LogP contribution in [0.1, 0.15) is 11.1 Å². The van der Waals surface area contributed by atoms with E-state index in [1.807, 2.05) is 60.0 Å². The summed E-state index contributed by atoms with van der Waals surface area (Å²) in [5.74, 6) is -0.230. The Morgan fingerprint density at radius 2 is 1.55 bits per heavy atom. The highest BCUT2D eigenvalue weighted by Crippen LogP contribution is 2.36. The van der Waals surface area contributed by atoms with Crippen molar-refractivity contribution in [1.82, 2.24) is 19.8 Å². The Morgan fingerprint density at radius 3 is 2.17 bits per heavy atom. The smallest absolute Gasteiger partial charge is 0.279 e. The van der Waals surface area contributed by atoms with Gasteiger partial charge in [-0.15, -0.1) is 11.3 Å². The number of rotatable bonds is 3. The molecule has 0 saturated carbocycles. The predicted molar refractivity (Wildman–Crippen MR) is 111 cm³/mol. The molecule has 0 bridgehead atoms. The molecule has 0 saturated heterocycles. The summed E-state index contributed by atoms with van der Waals surface area (Å²) in [5, 5.41) is 10.4. The van der Waals surface area contributed by atoms with Gasteiger partial charge in [-0.3, -0.25) is 9.69 Å². The topological polar surface area (TPSA) is 73.0 Å². The van der Waals surface area contributed by atoms with Crippen LogP contribution >= 0.6 is 11.3 Å². The van der Waals surface area contributed by atoms with E-state index in [1.54, 1.807) is 11.0 Å². The summed E-state index contributed by atoms with van der Waals surface area (Å²) in [6.07, 6.45) is 1.71. The molecule has 1 amide bonds. The molecule has 2 aromatic heterocycles. The van der Waals surface area contributed by atoms with Crippen LogP contribution in [0.2, 0.25) is 0 Å². The summed E-state index contributed by atoms with van der Waals surface area (Å²) in [7, 11) is 0. The van der Waals surface area contributed by atoms with Crippen molar-refractivity contribution in [1.29, 1.82) is 0 Å². The van der Waals surface area contributed by atoms with Gasteiger partial charge in [0.15, 0.2) is 0 Å². The first kappa shape index (κ1) is 17.6. The number of tetrazole rings is 1. The fraction of sp³-hybridized carbons (Fsp3) is 0.143. The normalized spacial score (nSPS) is 12.9. The van der Waals surface area contributed by atoms with Gasteiger partial charge in [0.1, 0.15) is 11.5 Å². The molecule has 0 unspecified atom stereocenters. The number of para-hydroxylation sites is 2. The molecule has 0 N–H and O–H groups in total. The monoisotopic (exact) mass is 403 g/mol. The molecular formula is C21H17N5O2S. The van der Waals surface area contributed by atoms with Crippen molar-refractivity contribution in [2.45, 2.75) is 19.4 Å². The Bertz CT molecular complexity index is 1190. The lowest BCUT2D eigenvalue weighted by molar-refractivity contribution is -0.118. The number of carbonyl (C=O) groups excluding carboxylic acids is 1. The maximum Gasteiger partial charge on any atom is 0.369 e. The van der Waals surface area contributed by atoms with Crippen LogP contribution in [0.5, 0.6) is 0 Å². The van der Waals surface area contributed by atoms with E-state index in [4.69, 9.17) is 0 Å². The maximum absolute atomic E-state index is 13.4. The van der Waals surface area contributed by atoms with E-state index in [1.165, 1.54) is 16.0 Å². The summed E-state index contributed by atoms with van der Waals surface area (Å²) in [6.45, 7) is -0.188. The summed E-state index contributed by atoms with van der Waals surface area (Å²) in [6, 6.07) is 19.4. The largest absolute Gasteiger partial charge is 0.369 e. The van der Waals surface area contributed by atoms with Crippen LogP contribution in [0.25, 0.3) is 5.00 Å². The Hall–Kier alpha value is -3.52. The standard InChI is InChI=1S/C21H17N5O2S/c27-19(14-24-21(28)26(23-22-24)20-10-5-13-29-20)25-17-8-3-1-6-15(17)11-12-16-7-2-4-9-18(16)25/h1-10,13H,11-12,14H2. The minimum Gasteiger partial charge on any atom is -0.279 e. The zero-order valence-corrected chi connectivity index (χ0v) is 16.2. The van der Waals surface area contributed by atoms with Crippen LogP contribution < -0.4 is 10.6 Å². The molecule has 5 rings (SSSR count). The van der Waals surface area contributed by atoms with Gasteiger partial charge in [0, 0.05) is 0 Å². The number of thiophene rings is 1. The number of hydrogen-bond acceptors (Lipinski definition) is 5. The summed E-state index contributed by atoms with van der Waals surface area (Å²) in [5.41, 5.74) is 3.47. The molecule has 1 aliphatic heterocycles. The third-order valence-corrected chi connectivity index (χ3v) is 5.86. The quantitative estimate of drug-likeness (QED) is 0.527. The van der Waals surface area contributed by atoms with E-state index in [9.17, 15) is 9.59 Å². The first-order valence-corrected chi connectivity index (χ1v) is 10.2. The molecule has 3 heterocycles. The van der Waals surface area contributed by atoms with Crippen molar-refractivity contribution in [3.8, 4) is 5.00 Å². The average molecular weight is 403 g/mol. The molecule has 1 aliphatic rings. The summed E-state index contributed by atoms with van der Waals surface area (Å²) >= 11 is 1.39. The Balaban J connectivity index is 1.54. The third-order valence-electron chi connectivity index (χ3n) is 5.02. The lowest BCUT2D eigenvalue weighted by Gasteiger charge is -2.24. The van der Waals surface area contributed by atoms with E-state index in [-0.39, 0.29) is 12.5 Å². The first-order chi connectivity index (χ1) is 14.2. The molecule has 0 fully saturated rings. The zero-order valence-electron chi connectivity index (χ0n) is 15.4. The second-order valence-electron chi connectivity index (χ2n) is 6.77. The molecule has 7 nitrogen and oxygen atoms in total. The van der Waals surface area contributed by atoms with E-state index >= 15 is 0 Å². The molecule has 2 aromatic carbocycles. The molecular weight excluding hydrogens is 386 g/mol. The molecule has 0 radical (unpaired) electrons. The average Bonchev–Trinajstić information content (AvgIpc) is 3.35. The maximum atomic E-state index is 13.4. The molecule has 144 valence electrons. The van der Waals surface area contributed by atoms with Crippen LogP contribution in [0.15, 0.2) is 70.8 Å². The van der Waals surface area contributed by atoms with Crippen molar-refractivity contribution in [2.75, 3.05) is 4.90 Å². The van der Waals surface area contributed by atoms with Gasteiger partial charge in [-0.05, 0) is 64.0 Å². The van der Waals surface area contributed by atoms with Crippen LogP contribution in [0.4, 0.5) is 11.4 Å². The van der Waals surface area contributed by atoms with Gasteiger partial charge in [0.2, 0.25) is 0 Å². The Morgan fingerprint density at radius 1 is 0.897 bits per heavy atom. The van der Waals surface area contributed by atoms with E-state index < -0.39 is 5.69 Å². The number of nitrogens with zero attached hydrogens (tertiary/aromatic N) is 5. The highest BCUT2D eigenvalue weighted by atomic mass is 32.1. The number of carbonyl (C=O) groups is 1. The number of amides is 1. The SMILES string of the molecule is O=C(Cn1nnn(-c2cccs2)c1=O)N1c2ccccc2CCc2ccccc21. The first-order valence-electron chi connectivity index (χ1n) is 9.28. The Kier molecular flexibility index (Phi) is 4.33. The van der Waals surface area contributed by atoms with Crippen LogP contribution in [0, 0.1) is 0 Å². The lowest BCUT2D eigenvalue weighted by Crippen LogP contribution is -2.35. The van der Waals surface area contributed by atoms with Gasteiger partial charge >= 0.3 is 5.69 Å². The minimum atomic E-state index is -0.433.